The smallest absolute Gasteiger partial charge is 0.349 e. The molecule has 0 aromatic heterocycles. The van der Waals surface area contributed by atoms with Crippen molar-refractivity contribution in [3.05, 3.63) is 34.9 Å². The summed E-state index contributed by atoms with van der Waals surface area (Å²) in [6.07, 6.45) is -9.23. The van der Waals surface area contributed by atoms with Crippen molar-refractivity contribution in [1.29, 1.82) is 0 Å². The average Bonchev–Trinajstić information content (AvgIpc) is 2.67. The lowest BCUT2D eigenvalue weighted by atomic mass is 10.2. The van der Waals surface area contributed by atoms with Gasteiger partial charge in [0.15, 0.2) is 0 Å². The average molecular weight is 313 g/mol. The van der Waals surface area contributed by atoms with Crippen LogP contribution in [0.15, 0.2) is 34.2 Å². The molecule has 20 heavy (non-hydrogen) atoms. The predicted molar refractivity (Wildman–Crippen MR) is 60.1 cm³/mol. The van der Waals surface area contributed by atoms with Gasteiger partial charge in [-0.1, -0.05) is 11.8 Å². The molecule has 0 amide bonds. The fraction of sp³-hybridized carbons (Fsp3) is 0.182. The van der Waals surface area contributed by atoms with E-state index < -0.39 is 23.7 Å². The van der Waals surface area contributed by atoms with Gasteiger partial charge in [-0.15, -0.1) is 0 Å². The van der Waals surface area contributed by atoms with Crippen molar-refractivity contribution >= 4 is 23.2 Å². The molecule has 0 unspecified atom stereocenters. The van der Waals surface area contributed by atoms with Gasteiger partial charge in [-0.3, -0.25) is 4.79 Å². The molecule has 1 N–H and O–H groups in total. The van der Waals surface area contributed by atoms with E-state index in [0.717, 1.165) is 18.2 Å². The van der Waals surface area contributed by atoms with Crippen molar-refractivity contribution < 1.29 is 31.1 Å². The Morgan fingerprint density at radius 2 is 1.80 bits per heavy atom. The molecule has 0 aliphatic carbocycles. The first-order valence-corrected chi connectivity index (χ1v) is 5.88. The van der Waals surface area contributed by atoms with Crippen LogP contribution >= 0.6 is 11.8 Å². The van der Waals surface area contributed by atoms with Gasteiger partial charge in [0.25, 0.3) is 5.78 Å². The van der Waals surface area contributed by atoms with Crippen molar-refractivity contribution in [2.45, 2.75) is 17.2 Å². The number of anilines is 1. The number of hydrogen-bond donors (Lipinski definition) is 1. The van der Waals surface area contributed by atoms with Crippen LogP contribution in [0.5, 0.6) is 0 Å². The first-order valence-electron chi connectivity index (χ1n) is 5.06. The summed E-state index contributed by atoms with van der Waals surface area (Å²) in [5.41, 5.74) is -0.682. The lowest BCUT2D eigenvalue weighted by Gasteiger charge is -2.07. The minimum Gasteiger partial charge on any atom is -0.349 e. The van der Waals surface area contributed by atoms with Gasteiger partial charge in [0.2, 0.25) is 0 Å². The van der Waals surface area contributed by atoms with Crippen LogP contribution in [0.2, 0.25) is 0 Å². The van der Waals surface area contributed by atoms with Crippen LogP contribution in [0.1, 0.15) is 5.56 Å². The maximum absolute atomic E-state index is 12.5. The number of rotatable bonds is 1. The van der Waals surface area contributed by atoms with Gasteiger partial charge in [-0.25, -0.2) is 0 Å². The van der Waals surface area contributed by atoms with Crippen molar-refractivity contribution in [2.24, 2.45) is 0 Å². The first-order chi connectivity index (χ1) is 9.07. The summed E-state index contributed by atoms with van der Waals surface area (Å²) in [6, 6.07) is 2.72. The maximum atomic E-state index is 12.5. The fourth-order valence-electron chi connectivity index (χ4n) is 1.43. The fourth-order valence-corrected chi connectivity index (χ4v) is 2.41. The van der Waals surface area contributed by atoms with Crippen LogP contribution in [0.4, 0.5) is 32.0 Å². The zero-order valence-electron chi connectivity index (χ0n) is 9.39. The maximum Gasteiger partial charge on any atom is 0.454 e. The number of thioether (sulfide) groups is 1. The standard InChI is InChI=1S/C11H5F6NOS/c12-10(13,14)5-1-2-6-7(3-5)20-9(18-6)4-8(19)11(15,16)17/h1-4,18H/b9-4+. The molecular formula is C11H5F6NOS. The molecule has 0 spiro atoms. The molecule has 2 nitrogen and oxygen atoms in total. The van der Waals surface area contributed by atoms with Gasteiger partial charge in [0.1, 0.15) is 0 Å². The molecule has 1 aliphatic rings. The zero-order chi connectivity index (χ0) is 15.1. The van der Waals surface area contributed by atoms with E-state index in [1.807, 2.05) is 0 Å². The third-order valence-corrected chi connectivity index (χ3v) is 3.33. The van der Waals surface area contributed by atoms with E-state index in [1.54, 1.807) is 0 Å². The van der Waals surface area contributed by atoms with Crippen molar-refractivity contribution in [3.63, 3.8) is 0 Å². The van der Waals surface area contributed by atoms with Crippen LogP contribution in [-0.2, 0) is 11.0 Å². The molecule has 0 bridgehead atoms. The van der Waals surface area contributed by atoms with Gasteiger partial charge in [-0.2, -0.15) is 26.3 Å². The van der Waals surface area contributed by atoms with Crippen molar-refractivity contribution in [2.75, 3.05) is 5.32 Å². The molecule has 1 aromatic carbocycles. The molecule has 0 radical (unpaired) electrons. The molecule has 108 valence electrons. The molecule has 0 fully saturated rings. The topological polar surface area (TPSA) is 29.1 Å². The van der Waals surface area contributed by atoms with Crippen LogP contribution in [0.25, 0.3) is 0 Å². The SMILES string of the molecule is O=C(/C=C1\Nc2ccc(C(F)(F)F)cc2S1)C(F)(F)F. The molecule has 0 saturated carbocycles. The highest BCUT2D eigenvalue weighted by Crippen LogP contribution is 2.44. The minimum atomic E-state index is -5.01. The first kappa shape index (κ1) is 14.8. The summed E-state index contributed by atoms with van der Waals surface area (Å²) in [5.74, 6) is -2.07. The van der Waals surface area contributed by atoms with E-state index in [2.05, 4.69) is 5.32 Å². The number of allylic oxidation sites excluding steroid dienone is 1. The third kappa shape index (κ3) is 3.09. The minimum absolute atomic E-state index is 0.112. The monoisotopic (exact) mass is 313 g/mol. The quantitative estimate of drug-likeness (QED) is 0.622. The Morgan fingerprint density at radius 3 is 2.35 bits per heavy atom. The van der Waals surface area contributed by atoms with Crippen molar-refractivity contribution in [3.8, 4) is 0 Å². The number of halogens is 6. The normalized spacial score (nSPS) is 17.0. The third-order valence-electron chi connectivity index (χ3n) is 2.33. The summed E-state index contributed by atoms with van der Waals surface area (Å²) in [7, 11) is 0. The Morgan fingerprint density at radius 1 is 1.15 bits per heavy atom. The Balaban J connectivity index is 2.24. The number of ketones is 1. The van der Waals surface area contributed by atoms with E-state index in [0.29, 0.717) is 17.8 Å². The molecule has 1 aromatic rings. The lowest BCUT2D eigenvalue weighted by Crippen LogP contribution is -2.20. The van der Waals surface area contributed by atoms with E-state index in [-0.39, 0.29) is 15.6 Å². The number of fused-ring (bicyclic) bond motifs is 1. The number of carbonyl (C=O) groups is 1. The second-order valence-corrected chi connectivity index (χ2v) is 4.89. The highest BCUT2D eigenvalue weighted by Gasteiger charge is 2.37. The summed E-state index contributed by atoms with van der Waals surface area (Å²) in [4.78, 5) is 10.9. The van der Waals surface area contributed by atoms with Gasteiger partial charge in [0.05, 0.1) is 16.3 Å². The van der Waals surface area contributed by atoms with E-state index in [1.165, 1.54) is 0 Å². The molecule has 1 aliphatic heterocycles. The van der Waals surface area contributed by atoms with E-state index >= 15 is 0 Å². The van der Waals surface area contributed by atoms with Crippen LogP contribution < -0.4 is 5.32 Å². The van der Waals surface area contributed by atoms with Crippen molar-refractivity contribution in [1.82, 2.24) is 0 Å². The van der Waals surface area contributed by atoms with Gasteiger partial charge in [0, 0.05) is 11.0 Å². The summed E-state index contributed by atoms with van der Waals surface area (Å²) in [6.45, 7) is 0. The predicted octanol–water partition coefficient (Wildman–Crippen LogP) is 4.20. The largest absolute Gasteiger partial charge is 0.454 e. The second kappa shape index (κ2) is 4.72. The molecule has 2 rings (SSSR count). The lowest BCUT2D eigenvalue weighted by molar-refractivity contribution is -0.165. The van der Waals surface area contributed by atoms with Crippen LogP contribution in [0, 0.1) is 0 Å². The summed E-state index contributed by atoms with van der Waals surface area (Å²) < 4.78 is 73.6. The Bertz CT molecular complexity index is 590. The second-order valence-electron chi connectivity index (χ2n) is 3.81. The zero-order valence-corrected chi connectivity index (χ0v) is 10.2. The molecular weight excluding hydrogens is 308 g/mol. The molecule has 1 heterocycles. The molecule has 0 saturated heterocycles. The number of nitrogens with one attached hydrogen (secondary N) is 1. The van der Waals surface area contributed by atoms with E-state index in [4.69, 9.17) is 0 Å². The number of alkyl halides is 6. The number of hydrogen-bond acceptors (Lipinski definition) is 3. The Kier molecular flexibility index (Phi) is 3.49. The molecule has 0 atom stereocenters. The summed E-state index contributed by atoms with van der Waals surface area (Å²) >= 11 is 0.640. The highest BCUT2D eigenvalue weighted by atomic mass is 32.2. The van der Waals surface area contributed by atoms with Crippen LogP contribution in [0.3, 0.4) is 0 Å². The van der Waals surface area contributed by atoms with E-state index in [9.17, 15) is 31.1 Å². The van der Waals surface area contributed by atoms with Crippen LogP contribution in [-0.4, -0.2) is 12.0 Å². The number of benzene rings is 1. The Labute approximate surface area is 112 Å². The number of carbonyl (C=O) groups excluding carboxylic acids is 1. The van der Waals surface area contributed by atoms with Gasteiger partial charge >= 0.3 is 12.4 Å². The summed E-state index contributed by atoms with van der Waals surface area (Å²) in [5, 5.41) is 2.29. The van der Waals surface area contributed by atoms with Gasteiger partial charge < -0.3 is 5.32 Å². The molecule has 9 heteroatoms. The van der Waals surface area contributed by atoms with Gasteiger partial charge in [-0.05, 0) is 18.2 Å². The highest BCUT2D eigenvalue weighted by molar-refractivity contribution is 8.03. The Hall–Kier alpha value is -1.64.